The second-order valence-corrected chi connectivity index (χ2v) is 8.88. The summed E-state index contributed by atoms with van der Waals surface area (Å²) < 4.78 is 10.9. The van der Waals surface area contributed by atoms with Gasteiger partial charge in [-0.1, -0.05) is 0 Å². The first-order chi connectivity index (χ1) is 14.9. The molecule has 1 aromatic rings. The van der Waals surface area contributed by atoms with E-state index < -0.39 is 0 Å². The van der Waals surface area contributed by atoms with Crippen LogP contribution in [0, 0.1) is 5.92 Å². The number of ether oxygens (including phenoxy) is 1. The van der Waals surface area contributed by atoms with E-state index >= 15 is 0 Å². The summed E-state index contributed by atoms with van der Waals surface area (Å²) >= 11 is 0. The molecule has 168 valence electrons. The average Bonchev–Trinajstić information content (AvgIpc) is 3.54. The third-order valence-corrected chi connectivity index (χ3v) is 6.53. The summed E-state index contributed by atoms with van der Waals surface area (Å²) in [7, 11) is 0. The maximum absolute atomic E-state index is 5.48. The molecular formula is C23H39N5O2. The molecule has 0 saturated carbocycles. The number of nitrogens with zero attached hydrogens (tertiary/aromatic N) is 4. The smallest absolute Gasteiger partial charge is 0.193 e. The predicted molar refractivity (Wildman–Crippen MR) is 120 cm³/mol. The molecule has 0 aliphatic carbocycles. The van der Waals surface area contributed by atoms with E-state index in [4.69, 9.17) is 14.1 Å². The average molecular weight is 418 g/mol. The summed E-state index contributed by atoms with van der Waals surface area (Å²) in [5, 5.41) is 3.62. The fourth-order valence-corrected chi connectivity index (χ4v) is 4.83. The second kappa shape index (κ2) is 11.7. The fourth-order valence-electron chi connectivity index (χ4n) is 4.83. The van der Waals surface area contributed by atoms with Crippen LogP contribution in [0.25, 0.3) is 0 Å². The first kappa shape index (κ1) is 21.7. The van der Waals surface area contributed by atoms with Crippen LogP contribution in [0.3, 0.4) is 0 Å². The van der Waals surface area contributed by atoms with Crippen molar-refractivity contribution >= 4 is 5.96 Å². The Kier molecular flexibility index (Phi) is 8.46. The first-order valence-corrected chi connectivity index (χ1v) is 11.9. The molecule has 1 N–H and O–H groups in total. The lowest BCUT2D eigenvalue weighted by Gasteiger charge is -2.26. The van der Waals surface area contributed by atoms with Crippen LogP contribution in [-0.2, 0) is 11.2 Å². The summed E-state index contributed by atoms with van der Waals surface area (Å²) in [6.07, 6.45) is 7.78. The molecule has 0 aromatic carbocycles. The van der Waals surface area contributed by atoms with Gasteiger partial charge in [-0.05, 0) is 56.8 Å². The Morgan fingerprint density at radius 2 is 1.97 bits per heavy atom. The third-order valence-electron chi connectivity index (χ3n) is 6.53. The molecule has 3 fully saturated rings. The van der Waals surface area contributed by atoms with Crippen LogP contribution in [-0.4, -0.2) is 99.3 Å². The van der Waals surface area contributed by atoms with E-state index in [9.17, 15) is 0 Å². The highest BCUT2D eigenvalue weighted by Crippen LogP contribution is 2.20. The van der Waals surface area contributed by atoms with Crippen molar-refractivity contribution < 1.29 is 9.15 Å². The van der Waals surface area contributed by atoms with Crippen molar-refractivity contribution in [3.05, 3.63) is 24.2 Å². The van der Waals surface area contributed by atoms with Crippen molar-refractivity contribution in [2.45, 2.75) is 32.1 Å². The largest absolute Gasteiger partial charge is 0.469 e. The van der Waals surface area contributed by atoms with Gasteiger partial charge >= 0.3 is 0 Å². The van der Waals surface area contributed by atoms with Crippen molar-refractivity contribution in [2.24, 2.45) is 10.9 Å². The maximum Gasteiger partial charge on any atom is 0.193 e. The number of hydrogen-bond donors (Lipinski definition) is 1. The Morgan fingerprint density at radius 1 is 1.10 bits per heavy atom. The van der Waals surface area contributed by atoms with Crippen LogP contribution in [0.15, 0.2) is 27.8 Å². The number of hydrogen-bond acceptors (Lipinski definition) is 5. The molecule has 30 heavy (non-hydrogen) atoms. The Morgan fingerprint density at radius 3 is 2.77 bits per heavy atom. The second-order valence-electron chi connectivity index (χ2n) is 8.88. The third kappa shape index (κ3) is 6.72. The van der Waals surface area contributed by atoms with Crippen LogP contribution >= 0.6 is 0 Å². The van der Waals surface area contributed by atoms with E-state index in [2.05, 4.69) is 20.0 Å². The molecule has 7 heteroatoms. The molecule has 3 aliphatic rings. The van der Waals surface area contributed by atoms with Gasteiger partial charge in [-0.15, -0.1) is 0 Å². The molecule has 0 amide bonds. The SMILES string of the molecule is c1coc(CCNC(=NCCCN2CCOCC2)N2CCC(CN3CCCC3)C2)c1. The Hall–Kier alpha value is -1.57. The van der Waals surface area contributed by atoms with Crippen molar-refractivity contribution in [1.29, 1.82) is 0 Å². The van der Waals surface area contributed by atoms with Crippen molar-refractivity contribution in [3.63, 3.8) is 0 Å². The monoisotopic (exact) mass is 417 g/mol. The highest BCUT2D eigenvalue weighted by Gasteiger charge is 2.27. The molecule has 1 aromatic heterocycles. The molecule has 4 rings (SSSR count). The van der Waals surface area contributed by atoms with Crippen LogP contribution < -0.4 is 5.32 Å². The fraction of sp³-hybridized carbons (Fsp3) is 0.783. The number of morpholine rings is 1. The van der Waals surface area contributed by atoms with Gasteiger partial charge in [-0.2, -0.15) is 0 Å². The summed E-state index contributed by atoms with van der Waals surface area (Å²) in [6, 6.07) is 4.00. The molecular weight excluding hydrogens is 378 g/mol. The van der Waals surface area contributed by atoms with Gasteiger partial charge in [0.15, 0.2) is 5.96 Å². The highest BCUT2D eigenvalue weighted by atomic mass is 16.5. The van der Waals surface area contributed by atoms with Crippen molar-refractivity contribution in [2.75, 3.05) is 78.7 Å². The van der Waals surface area contributed by atoms with Gasteiger partial charge in [-0.25, -0.2) is 0 Å². The minimum absolute atomic E-state index is 0.772. The first-order valence-electron chi connectivity index (χ1n) is 11.9. The normalized spacial score (nSPS) is 24.1. The van der Waals surface area contributed by atoms with E-state index in [1.54, 1.807) is 6.26 Å². The molecule has 3 aliphatic heterocycles. The Labute approximate surface area is 181 Å². The summed E-state index contributed by atoms with van der Waals surface area (Å²) in [6.45, 7) is 12.8. The van der Waals surface area contributed by atoms with Crippen LogP contribution in [0.1, 0.15) is 31.4 Å². The predicted octanol–water partition coefficient (Wildman–Crippen LogP) is 1.91. The zero-order chi connectivity index (χ0) is 20.4. The van der Waals surface area contributed by atoms with Crippen molar-refractivity contribution in [1.82, 2.24) is 20.0 Å². The lowest BCUT2D eigenvalue weighted by Crippen LogP contribution is -2.42. The number of furan rings is 1. The summed E-state index contributed by atoms with van der Waals surface area (Å²) in [5.41, 5.74) is 0. The van der Waals surface area contributed by atoms with Gasteiger partial charge in [0.25, 0.3) is 0 Å². The van der Waals surface area contributed by atoms with Crippen LogP contribution in [0.4, 0.5) is 0 Å². The number of guanidine groups is 1. The van der Waals surface area contributed by atoms with Crippen LogP contribution in [0.2, 0.25) is 0 Å². The summed E-state index contributed by atoms with van der Waals surface area (Å²) in [4.78, 5) is 12.6. The van der Waals surface area contributed by atoms with Crippen LogP contribution in [0.5, 0.6) is 0 Å². The number of likely N-dealkylation sites (tertiary alicyclic amines) is 2. The van der Waals surface area contributed by atoms with E-state index in [0.29, 0.717) is 0 Å². The van der Waals surface area contributed by atoms with Gasteiger partial charge in [0, 0.05) is 58.8 Å². The van der Waals surface area contributed by atoms with Gasteiger partial charge < -0.3 is 24.3 Å². The van der Waals surface area contributed by atoms with Gasteiger partial charge in [0.05, 0.1) is 19.5 Å². The highest BCUT2D eigenvalue weighted by molar-refractivity contribution is 5.80. The van der Waals surface area contributed by atoms with Crippen molar-refractivity contribution in [3.8, 4) is 0 Å². The molecule has 1 unspecified atom stereocenters. The van der Waals surface area contributed by atoms with E-state index in [0.717, 1.165) is 89.5 Å². The molecule has 0 spiro atoms. The Balaban J connectivity index is 1.25. The minimum Gasteiger partial charge on any atom is -0.469 e. The lowest BCUT2D eigenvalue weighted by molar-refractivity contribution is 0.0377. The number of rotatable bonds is 9. The lowest BCUT2D eigenvalue weighted by atomic mass is 10.1. The quantitative estimate of drug-likeness (QED) is 0.376. The van der Waals surface area contributed by atoms with E-state index in [-0.39, 0.29) is 0 Å². The maximum atomic E-state index is 5.48. The Bertz CT molecular complexity index is 624. The molecule has 4 heterocycles. The number of aliphatic imine (C=N–C) groups is 1. The standard InChI is InChI=1S/C23H39N5O2/c1-2-11-27(10-1)19-21-7-13-28(20-21)23(25-9-6-22-5-3-16-30-22)24-8-4-12-26-14-17-29-18-15-26/h3,5,16,21H,1-2,4,6-15,17-20H2,(H,24,25). The summed E-state index contributed by atoms with van der Waals surface area (Å²) in [5.74, 6) is 2.89. The topological polar surface area (TPSA) is 56.5 Å². The molecule has 0 radical (unpaired) electrons. The van der Waals surface area contributed by atoms with Gasteiger partial charge in [0.1, 0.15) is 5.76 Å². The van der Waals surface area contributed by atoms with E-state index in [1.807, 2.05) is 12.1 Å². The van der Waals surface area contributed by atoms with Gasteiger partial charge in [-0.3, -0.25) is 9.89 Å². The zero-order valence-corrected chi connectivity index (χ0v) is 18.4. The minimum atomic E-state index is 0.772. The van der Waals surface area contributed by atoms with Gasteiger partial charge in [0.2, 0.25) is 0 Å². The van der Waals surface area contributed by atoms with E-state index in [1.165, 1.54) is 38.9 Å². The molecule has 3 saturated heterocycles. The molecule has 7 nitrogen and oxygen atoms in total. The zero-order valence-electron chi connectivity index (χ0n) is 18.4. The molecule has 0 bridgehead atoms. The number of nitrogens with one attached hydrogen (secondary N) is 1. The molecule has 1 atom stereocenters.